The molecule has 1 aliphatic rings. The first-order chi connectivity index (χ1) is 15.5. The van der Waals surface area contributed by atoms with Gasteiger partial charge in [0.15, 0.2) is 6.61 Å². The zero-order valence-corrected chi connectivity index (χ0v) is 16.6. The molecule has 3 aromatic carbocycles. The van der Waals surface area contributed by atoms with Gasteiger partial charge in [-0.25, -0.2) is 0 Å². The Bertz CT molecular complexity index is 1140. The van der Waals surface area contributed by atoms with Crippen LogP contribution in [0.15, 0.2) is 66.7 Å². The monoisotopic (exact) mass is 467 g/mol. The van der Waals surface area contributed by atoms with Crippen molar-refractivity contribution in [3.05, 3.63) is 83.4 Å². The number of anilines is 1. The van der Waals surface area contributed by atoms with Crippen molar-refractivity contribution in [3.8, 4) is 17.2 Å². The van der Waals surface area contributed by atoms with Gasteiger partial charge in [0.2, 0.25) is 5.91 Å². The van der Waals surface area contributed by atoms with Crippen LogP contribution in [0.1, 0.15) is 22.6 Å². The first kappa shape index (κ1) is 22.5. The topological polar surface area (TPSA) is 47.6 Å². The van der Waals surface area contributed by atoms with E-state index >= 15 is 0 Å². The van der Waals surface area contributed by atoms with E-state index < -0.39 is 47.8 Å². The zero-order chi connectivity index (χ0) is 23.8. The van der Waals surface area contributed by atoms with E-state index in [0.29, 0.717) is 34.8 Å². The Labute approximate surface area is 183 Å². The van der Waals surface area contributed by atoms with Gasteiger partial charge in [0, 0.05) is 11.1 Å². The van der Waals surface area contributed by atoms with Gasteiger partial charge in [-0.3, -0.25) is 4.79 Å². The Kier molecular flexibility index (Phi) is 5.69. The van der Waals surface area contributed by atoms with E-state index in [1.165, 1.54) is 0 Å². The molecule has 10 heteroatoms. The Morgan fingerprint density at radius 2 is 1.45 bits per heavy atom. The molecule has 0 saturated heterocycles. The third-order valence-corrected chi connectivity index (χ3v) is 4.90. The molecule has 0 fully saturated rings. The van der Waals surface area contributed by atoms with Crippen LogP contribution >= 0.6 is 0 Å². The quantitative estimate of drug-likeness (QED) is 0.445. The number of fused-ring (bicyclic) bond motifs is 2. The van der Waals surface area contributed by atoms with Crippen molar-refractivity contribution in [2.45, 2.75) is 18.3 Å². The summed E-state index contributed by atoms with van der Waals surface area (Å²) in [4.78, 5) is 13.3. The summed E-state index contributed by atoms with van der Waals surface area (Å²) in [6.45, 7) is -1.73. The minimum atomic E-state index is -4.78. The van der Waals surface area contributed by atoms with Crippen LogP contribution in [-0.4, -0.2) is 18.7 Å². The number of alkyl halides is 6. The molecule has 3 aromatic rings. The normalized spacial score (nSPS) is 13.5. The molecule has 0 atom stereocenters. The van der Waals surface area contributed by atoms with E-state index in [9.17, 15) is 31.1 Å². The fourth-order valence-electron chi connectivity index (χ4n) is 3.49. The van der Waals surface area contributed by atoms with E-state index in [1.54, 1.807) is 48.5 Å². The van der Waals surface area contributed by atoms with Crippen molar-refractivity contribution < 1.29 is 40.6 Å². The summed E-state index contributed by atoms with van der Waals surface area (Å²) in [5, 5.41) is 2.32. The van der Waals surface area contributed by atoms with Crippen LogP contribution in [0.4, 0.5) is 32.0 Å². The van der Waals surface area contributed by atoms with Gasteiger partial charge in [-0.1, -0.05) is 36.4 Å². The van der Waals surface area contributed by atoms with E-state index in [4.69, 9.17) is 4.74 Å². The van der Waals surface area contributed by atoms with Gasteiger partial charge in [0.1, 0.15) is 17.2 Å². The van der Waals surface area contributed by atoms with Crippen molar-refractivity contribution in [2.75, 3.05) is 11.9 Å². The van der Waals surface area contributed by atoms with Crippen LogP contribution in [0.2, 0.25) is 0 Å². The molecule has 1 amide bonds. The molecular formula is C23H15F6NO3. The number of amides is 1. The van der Waals surface area contributed by atoms with E-state index in [0.717, 1.165) is 6.07 Å². The predicted molar refractivity (Wildman–Crippen MR) is 106 cm³/mol. The minimum absolute atomic E-state index is 0.383. The van der Waals surface area contributed by atoms with Gasteiger partial charge in [0.05, 0.1) is 17.2 Å². The summed E-state index contributed by atoms with van der Waals surface area (Å²) in [7, 11) is 0. The van der Waals surface area contributed by atoms with Crippen LogP contribution in [0, 0.1) is 0 Å². The van der Waals surface area contributed by atoms with Gasteiger partial charge in [-0.05, 0) is 30.3 Å². The number of halogens is 6. The maximum Gasteiger partial charge on any atom is 0.422 e. The number of ether oxygens (including phenoxy) is 2. The number of hydrogen-bond acceptors (Lipinski definition) is 3. The summed E-state index contributed by atoms with van der Waals surface area (Å²) < 4.78 is 87.9. The van der Waals surface area contributed by atoms with Crippen LogP contribution in [-0.2, 0) is 11.0 Å². The molecule has 0 aromatic heterocycles. The highest BCUT2D eigenvalue weighted by atomic mass is 19.4. The summed E-state index contributed by atoms with van der Waals surface area (Å²) in [5.41, 5.74) is -0.762. The molecule has 33 heavy (non-hydrogen) atoms. The van der Waals surface area contributed by atoms with Gasteiger partial charge >= 0.3 is 12.4 Å². The lowest BCUT2D eigenvalue weighted by atomic mass is 9.87. The Morgan fingerprint density at radius 1 is 0.879 bits per heavy atom. The Morgan fingerprint density at radius 3 is 2.00 bits per heavy atom. The lowest BCUT2D eigenvalue weighted by molar-refractivity contribution is -0.153. The fraction of sp³-hybridized carbons (Fsp3) is 0.174. The highest BCUT2D eigenvalue weighted by molar-refractivity contribution is 6.00. The number of carbonyl (C=O) groups is 1. The summed E-state index contributed by atoms with van der Waals surface area (Å²) >= 11 is 0. The Hall–Kier alpha value is -3.69. The van der Waals surface area contributed by atoms with Crippen molar-refractivity contribution in [3.63, 3.8) is 0 Å². The maximum absolute atomic E-state index is 13.3. The Balaban J connectivity index is 1.72. The summed E-state index contributed by atoms with van der Waals surface area (Å²) in [6, 6.07) is 15.1. The second-order valence-corrected chi connectivity index (χ2v) is 7.21. The molecule has 4 nitrogen and oxygen atoms in total. The second kappa shape index (κ2) is 8.34. The average Bonchev–Trinajstić information content (AvgIpc) is 2.75. The fourth-order valence-corrected chi connectivity index (χ4v) is 3.49. The average molecular weight is 467 g/mol. The third-order valence-electron chi connectivity index (χ3n) is 4.90. The molecule has 1 N–H and O–H groups in total. The second-order valence-electron chi connectivity index (χ2n) is 7.21. The minimum Gasteiger partial charge on any atom is -0.482 e. The van der Waals surface area contributed by atoms with Gasteiger partial charge in [-0.2, -0.15) is 26.3 Å². The summed E-state index contributed by atoms with van der Waals surface area (Å²) in [5.74, 6) is -1.50. The number of para-hydroxylation sites is 2. The SMILES string of the molecule is O=C(Nc1cc(C(F)(F)F)ccc1OCC(F)(F)F)C1c2ccccc2Oc2ccccc21. The van der Waals surface area contributed by atoms with Gasteiger partial charge in [-0.15, -0.1) is 0 Å². The highest BCUT2D eigenvalue weighted by Gasteiger charge is 2.35. The van der Waals surface area contributed by atoms with Crippen LogP contribution in [0.5, 0.6) is 17.2 Å². The van der Waals surface area contributed by atoms with Crippen LogP contribution in [0.25, 0.3) is 0 Å². The molecule has 0 unspecified atom stereocenters. The number of benzene rings is 3. The van der Waals surface area contributed by atoms with E-state index in [2.05, 4.69) is 10.1 Å². The van der Waals surface area contributed by atoms with Crippen molar-refractivity contribution in [1.82, 2.24) is 0 Å². The zero-order valence-electron chi connectivity index (χ0n) is 16.6. The lowest BCUT2D eigenvalue weighted by Crippen LogP contribution is -2.26. The largest absolute Gasteiger partial charge is 0.482 e. The van der Waals surface area contributed by atoms with Crippen molar-refractivity contribution >= 4 is 11.6 Å². The number of rotatable bonds is 4. The number of hydrogen-bond donors (Lipinski definition) is 1. The third kappa shape index (κ3) is 4.89. The van der Waals surface area contributed by atoms with E-state index in [-0.39, 0.29) is 0 Å². The first-order valence-electron chi connectivity index (χ1n) is 9.60. The molecule has 0 saturated carbocycles. The first-order valence-corrected chi connectivity index (χ1v) is 9.60. The van der Waals surface area contributed by atoms with E-state index in [1.807, 2.05) is 0 Å². The maximum atomic E-state index is 13.3. The molecule has 1 heterocycles. The number of nitrogens with one attached hydrogen (secondary N) is 1. The molecule has 1 aliphatic heterocycles. The van der Waals surface area contributed by atoms with Crippen molar-refractivity contribution in [1.29, 1.82) is 0 Å². The molecule has 172 valence electrons. The molecule has 4 rings (SSSR count). The van der Waals surface area contributed by atoms with Crippen LogP contribution < -0.4 is 14.8 Å². The van der Waals surface area contributed by atoms with Gasteiger partial charge in [0.25, 0.3) is 0 Å². The number of carbonyl (C=O) groups excluding carboxylic acids is 1. The van der Waals surface area contributed by atoms with Crippen LogP contribution in [0.3, 0.4) is 0 Å². The smallest absolute Gasteiger partial charge is 0.422 e. The lowest BCUT2D eigenvalue weighted by Gasteiger charge is -2.27. The predicted octanol–water partition coefficient (Wildman–Crippen LogP) is 6.52. The molecule has 0 aliphatic carbocycles. The van der Waals surface area contributed by atoms with Gasteiger partial charge < -0.3 is 14.8 Å². The standard InChI is InChI=1S/C23H15F6NO3/c24-22(25,26)12-32-19-10-9-13(23(27,28)29)11-16(19)30-21(31)20-14-5-1-3-7-17(14)33-18-8-4-2-6-15(18)20/h1-11,20H,12H2,(H,30,31). The molecular weight excluding hydrogens is 452 g/mol. The van der Waals surface area contributed by atoms with Crippen molar-refractivity contribution in [2.24, 2.45) is 0 Å². The molecule has 0 spiro atoms. The highest BCUT2D eigenvalue weighted by Crippen LogP contribution is 2.45. The summed E-state index contributed by atoms with van der Waals surface area (Å²) in [6.07, 6.45) is -9.50. The molecule has 0 bridgehead atoms. The molecule has 0 radical (unpaired) electrons.